The number of benzene rings is 3. The van der Waals surface area contributed by atoms with Gasteiger partial charge in [-0.15, -0.1) is 0 Å². The number of urea groups is 1. The lowest BCUT2D eigenvalue weighted by molar-refractivity contribution is -0.207. The second kappa shape index (κ2) is 12.5. The number of rotatable bonds is 10. The molecule has 0 aliphatic heterocycles. The zero-order valence-corrected chi connectivity index (χ0v) is 25.9. The molecule has 0 radical (unpaired) electrons. The van der Waals surface area contributed by atoms with Crippen LogP contribution in [0.2, 0.25) is 0 Å². The first kappa shape index (κ1) is 32.0. The summed E-state index contributed by atoms with van der Waals surface area (Å²) in [6.07, 6.45) is 0.789. The first-order valence-electron chi connectivity index (χ1n) is 14.9. The van der Waals surface area contributed by atoms with Crippen molar-refractivity contribution in [3.8, 4) is 0 Å². The molecule has 0 bridgehead atoms. The summed E-state index contributed by atoms with van der Waals surface area (Å²) in [5.74, 6) is -0.702. The van der Waals surface area contributed by atoms with Gasteiger partial charge in [0.15, 0.2) is 11.2 Å². The van der Waals surface area contributed by atoms with Gasteiger partial charge in [0.05, 0.1) is 29.4 Å². The number of carbonyl (C=O) groups is 2. The number of nitrogens with one attached hydrogen (secondary N) is 3. The molecule has 5 rings (SSSR count). The Morgan fingerprint density at radius 1 is 1.00 bits per heavy atom. The Kier molecular flexibility index (Phi) is 8.90. The van der Waals surface area contributed by atoms with Gasteiger partial charge in [-0.25, -0.2) is 9.59 Å². The summed E-state index contributed by atoms with van der Waals surface area (Å²) in [7, 11) is 3.12. The monoisotopic (exact) mass is 615 g/mol. The molecule has 1 saturated carbocycles. The van der Waals surface area contributed by atoms with E-state index in [0.717, 1.165) is 10.9 Å². The number of carbonyl (C=O) groups excluding carboxylic acids is 2. The second-order valence-corrected chi connectivity index (χ2v) is 11.6. The molecule has 238 valence electrons. The van der Waals surface area contributed by atoms with Crippen LogP contribution in [0.3, 0.4) is 0 Å². The average Bonchev–Trinajstić information content (AvgIpc) is 3.52. The molecular weight excluding hydrogens is 574 g/mol. The normalized spacial score (nSPS) is 26.7. The molecule has 1 heterocycles. The zero-order valence-electron chi connectivity index (χ0n) is 25.9. The number of hydrogen-bond donors (Lipinski definition) is 6. The number of nitrogens with two attached hydrogens (primary N) is 1. The van der Waals surface area contributed by atoms with E-state index >= 15 is 0 Å². The number of aliphatic hydroxyl groups is 2. The maximum absolute atomic E-state index is 13.5. The number of fused-ring (bicyclic) bond motifs is 1. The molecule has 1 aromatic heterocycles. The molecule has 1 aliphatic rings. The maximum Gasteiger partial charge on any atom is 0.338 e. The van der Waals surface area contributed by atoms with E-state index in [1.54, 1.807) is 94.8 Å². The Bertz CT molecular complexity index is 1630. The summed E-state index contributed by atoms with van der Waals surface area (Å²) < 4.78 is 11.9. The second-order valence-electron chi connectivity index (χ2n) is 11.6. The molecule has 6 atom stereocenters. The first-order valence-corrected chi connectivity index (χ1v) is 14.9. The third kappa shape index (κ3) is 5.21. The number of amides is 2. The largest absolute Gasteiger partial charge is 0.459 e. The van der Waals surface area contributed by atoms with Crippen molar-refractivity contribution >= 4 is 28.6 Å². The molecule has 45 heavy (non-hydrogen) atoms. The van der Waals surface area contributed by atoms with Crippen LogP contribution in [0, 0.1) is 0 Å². The summed E-state index contributed by atoms with van der Waals surface area (Å²) in [5.41, 5.74) is 2.53. The van der Waals surface area contributed by atoms with E-state index in [4.69, 9.17) is 15.2 Å². The van der Waals surface area contributed by atoms with Gasteiger partial charge in [0, 0.05) is 37.8 Å². The number of nitrogens with zero attached hydrogens (tertiary/aromatic N) is 1. The highest BCUT2D eigenvalue weighted by Crippen LogP contribution is 2.55. The smallest absolute Gasteiger partial charge is 0.338 e. The van der Waals surface area contributed by atoms with E-state index in [1.807, 2.05) is 24.3 Å². The van der Waals surface area contributed by atoms with Gasteiger partial charge in [-0.2, -0.15) is 0 Å². The minimum absolute atomic E-state index is 0.223. The zero-order chi connectivity index (χ0) is 32.4. The molecule has 7 N–H and O–H groups in total. The predicted molar refractivity (Wildman–Crippen MR) is 172 cm³/mol. The Morgan fingerprint density at radius 2 is 1.62 bits per heavy atom. The molecule has 0 saturated heterocycles. The number of aromatic amines is 1. The molecular formula is C34H41N5O6. The van der Waals surface area contributed by atoms with Crippen LogP contribution >= 0.6 is 0 Å². The van der Waals surface area contributed by atoms with Crippen molar-refractivity contribution < 1.29 is 29.3 Å². The molecule has 4 aromatic rings. The number of esters is 1. The summed E-state index contributed by atoms with van der Waals surface area (Å²) in [6.45, 7) is 3.02. The molecule has 1 aliphatic carbocycles. The fourth-order valence-corrected chi connectivity index (χ4v) is 6.66. The van der Waals surface area contributed by atoms with E-state index < -0.39 is 53.5 Å². The summed E-state index contributed by atoms with van der Waals surface area (Å²) in [5, 5.41) is 33.5. The van der Waals surface area contributed by atoms with Crippen molar-refractivity contribution in [1.82, 2.24) is 15.2 Å². The number of H-pyrrole nitrogens is 1. The van der Waals surface area contributed by atoms with E-state index in [2.05, 4.69) is 15.6 Å². The van der Waals surface area contributed by atoms with Crippen molar-refractivity contribution in [2.24, 2.45) is 5.73 Å². The van der Waals surface area contributed by atoms with E-state index in [1.165, 1.54) is 4.90 Å². The number of para-hydroxylation sites is 1. The number of ether oxygens (including phenoxy) is 2. The maximum atomic E-state index is 13.5. The third-order valence-electron chi connectivity index (χ3n) is 8.93. The molecule has 0 unspecified atom stereocenters. The molecule has 11 nitrogen and oxygen atoms in total. The molecule has 3 aromatic carbocycles. The summed E-state index contributed by atoms with van der Waals surface area (Å²) in [6, 6.07) is 21.4. The van der Waals surface area contributed by atoms with Crippen LogP contribution in [0.1, 0.15) is 29.8 Å². The standard InChI is InChI=1S/C34H41N5O6/c1-5-44-22(2)33(38-31(41)39(3)4)28(35)29(37-27-20-36-26-19-13-12-18-25(26)27)32(42,34(33,43)24-16-10-7-11-17-24)21-45-30(40)23-14-8-6-9-15-23/h6-20,22,28-29,36-37,42-43H,5,21,35H2,1-4H3,(H,38,41)/t22-,28-,29-,32+,33-,34-/m0/s1. The van der Waals surface area contributed by atoms with Crippen LogP contribution < -0.4 is 16.4 Å². The Balaban J connectivity index is 1.74. The van der Waals surface area contributed by atoms with E-state index in [9.17, 15) is 19.8 Å². The molecule has 0 spiro atoms. The quantitative estimate of drug-likeness (QED) is 0.148. The third-order valence-corrected chi connectivity index (χ3v) is 8.93. The molecule has 11 heteroatoms. The number of hydrogen-bond acceptors (Lipinski definition) is 8. The van der Waals surface area contributed by atoms with Gasteiger partial charge < -0.3 is 45.9 Å². The highest BCUT2D eigenvalue weighted by Gasteiger charge is 2.79. The van der Waals surface area contributed by atoms with Gasteiger partial charge in [0.2, 0.25) is 0 Å². The van der Waals surface area contributed by atoms with Gasteiger partial charge in [0.25, 0.3) is 0 Å². The minimum atomic E-state index is -2.37. The lowest BCUT2D eigenvalue weighted by Crippen LogP contribution is -2.76. The number of anilines is 1. The molecule has 1 fully saturated rings. The lowest BCUT2D eigenvalue weighted by Gasteiger charge is -2.51. The van der Waals surface area contributed by atoms with Crippen molar-refractivity contribution in [3.63, 3.8) is 0 Å². The van der Waals surface area contributed by atoms with Gasteiger partial charge >= 0.3 is 12.0 Å². The minimum Gasteiger partial charge on any atom is -0.459 e. The van der Waals surface area contributed by atoms with Crippen LogP contribution in [-0.4, -0.2) is 88.7 Å². The van der Waals surface area contributed by atoms with Gasteiger partial charge in [-0.1, -0.05) is 66.7 Å². The van der Waals surface area contributed by atoms with Crippen LogP contribution in [-0.2, 0) is 15.1 Å². The van der Waals surface area contributed by atoms with Crippen LogP contribution in [0.5, 0.6) is 0 Å². The first-order chi connectivity index (χ1) is 21.5. The van der Waals surface area contributed by atoms with Crippen LogP contribution in [0.15, 0.2) is 91.1 Å². The van der Waals surface area contributed by atoms with Gasteiger partial charge in [-0.05, 0) is 37.6 Å². The molecule has 2 amide bonds. The van der Waals surface area contributed by atoms with Crippen LogP contribution in [0.4, 0.5) is 10.5 Å². The Hall–Kier alpha value is -4.42. The fourth-order valence-electron chi connectivity index (χ4n) is 6.66. The van der Waals surface area contributed by atoms with Gasteiger partial charge in [0.1, 0.15) is 12.1 Å². The van der Waals surface area contributed by atoms with E-state index in [0.29, 0.717) is 5.69 Å². The SMILES string of the molecule is CCO[C@@H](C)[C@]1(NC(=O)N(C)C)[C@@H](N)[C@H](Nc2c[nH]c3ccccc23)[C@](O)(COC(=O)c2ccccc2)[C@@]1(O)c1ccccc1. The van der Waals surface area contributed by atoms with Crippen LogP contribution in [0.25, 0.3) is 10.9 Å². The number of aromatic nitrogens is 1. The highest BCUT2D eigenvalue weighted by atomic mass is 16.5. The van der Waals surface area contributed by atoms with E-state index in [-0.39, 0.29) is 17.7 Å². The Morgan fingerprint density at radius 3 is 2.27 bits per heavy atom. The van der Waals surface area contributed by atoms with Crippen molar-refractivity contribution in [2.75, 3.05) is 32.6 Å². The van der Waals surface area contributed by atoms with Crippen molar-refractivity contribution in [1.29, 1.82) is 0 Å². The van der Waals surface area contributed by atoms with Crippen molar-refractivity contribution in [3.05, 3.63) is 102 Å². The predicted octanol–water partition coefficient (Wildman–Crippen LogP) is 3.20. The fraction of sp³-hybridized carbons (Fsp3) is 0.353. The Labute approximate surface area is 262 Å². The lowest BCUT2D eigenvalue weighted by atomic mass is 9.68. The highest BCUT2D eigenvalue weighted by molar-refractivity contribution is 5.92. The van der Waals surface area contributed by atoms with Crippen molar-refractivity contribution in [2.45, 2.75) is 48.8 Å². The van der Waals surface area contributed by atoms with Gasteiger partial charge in [-0.3, -0.25) is 0 Å². The summed E-state index contributed by atoms with van der Waals surface area (Å²) in [4.78, 5) is 31.3. The topological polar surface area (TPSA) is 162 Å². The summed E-state index contributed by atoms with van der Waals surface area (Å²) >= 11 is 0. The average molecular weight is 616 g/mol.